The lowest BCUT2D eigenvalue weighted by Crippen LogP contribution is -2.37. The van der Waals surface area contributed by atoms with Crippen molar-refractivity contribution in [3.63, 3.8) is 0 Å². The van der Waals surface area contributed by atoms with Crippen LogP contribution in [0.1, 0.15) is 33.1 Å². The van der Waals surface area contributed by atoms with Crippen molar-refractivity contribution < 1.29 is 13.2 Å². The van der Waals surface area contributed by atoms with Crippen molar-refractivity contribution in [2.75, 3.05) is 13.2 Å². The second-order valence-electron chi connectivity index (χ2n) is 4.42. The average Bonchev–Trinajstić information content (AvgIpc) is 2.18. The van der Waals surface area contributed by atoms with Crippen LogP contribution >= 0.6 is 0 Å². The summed E-state index contributed by atoms with van der Waals surface area (Å²) >= 11 is 0. The maximum atomic E-state index is 12.1. The Morgan fingerprint density at radius 1 is 1.33 bits per heavy atom. The molecule has 0 aromatic heterocycles. The molecule has 0 bridgehead atoms. The molecule has 0 aliphatic carbocycles. The molecule has 1 fully saturated rings. The lowest BCUT2D eigenvalue weighted by atomic mass is 10.2. The van der Waals surface area contributed by atoms with Crippen LogP contribution < -0.4 is 5.73 Å². The highest BCUT2D eigenvalue weighted by Crippen LogP contribution is 2.22. The Bertz CT molecular complexity index is 281. The molecule has 2 unspecified atom stereocenters. The van der Waals surface area contributed by atoms with Crippen molar-refractivity contribution in [2.24, 2.45) is 5.73 Å². The fraction of sp³-hybridized carbons (Fsp3) is 1.00. The van der Waals surface area contributed by atoms with Crippen LogP contribution in [-0.4, -0.2) is 38.2 Å². The molecule has 2 atom stereocenters. The predicted molar refractivity (Wildman–Crippen MR) is 60.5 cm³/mol. The van der Waals surface area contributed by atoms with Gasteiger partial charge in [0.1, 0.15) is 0 Å². The van der Waals surface area contributed by atoms with E-state index >= 15 is 0 Å². The van der Waals surface area contributed by atoms with Gasteiger partial charge in [-0.3, -0.25) is 0 Å². The molecule has 0 aromatic rings. The largest absolute Gasteiger partial charge is 0.381 e. The van der Waals surface area contributed by atoms with Crippen molar-refractivity contribution in [3.05, 3.63) is 0 Å². The molecule has 90 valence electrons. The van der Waals surface area contributed by atoms with Gasteiger partial charge in [0.15, 0.2) is 9.84 Å². The van der Waals surface area contributed by atoms with Crippen molar-refractivity contribution >= 4 is 9.84 Å². The van der Waals surface area contributed by atoms with Crippen LogP contribution in [0.3, 0.4) is 0 Å². The number of hydrogen-bond acceptors (Lipinski definition) is 4. The van der Waals surface area contributed by atoms with Gasteiger partial charge in [0.2, 0.25) is 0 Å². The van der Waals surface area contributed by atoms with Crippen LogP contribution in [0.2, 0.25) is 0 Å². The topological polar surface area (TPSA) is 69.4 Å². The standard InChI is InChI=1S/C10H21NO3S/c1-8(11)7-9(2)15(12,13)10-3-5-14-6-4-10/h8-10H,3-7,11H2,1-2H3. The Hall–Kier alpha value is -0.130. The highest BCUT2D eigenvalue weighted by atomic mass is 32.2. The van der Waals surface area contributed by atoms with Gasteiger partial charge in [0, 0.05) is 19.3 Å². The van der Waals surface area contributed by atoms with E-state index in [4.69, 9.17) is 10.5 Å². The first-order valence-electron chi connectivity index (χ1n) is 5.50. The van der Waals surface area contributed by atoms with E-state index in [9.17, 15) is 8.42 Å². The third-order valence-electron chi connectivity index (χ3n) is 2.90. The van der Waals surface area contributed by atoms with Crippen molar-refractivity contribution in [1.29, 1.82) is 0 Å². The van der Waals surface area contributed by atoms with Crippen LogP contribution in [0.15, 0.2) is 0 Å². The molecule has 1 aliphatic rings. The maximum absolute atomic E-state index is 12.1. The highest BCUT2D eigenvalue weighted by Gasteiger charge is 2.32. The Kier molecular flexibility index (Phi) is 4.55. The summed E-state index contributed by atoms with van der Waals surface area (Å²) in [7, 11) is -3.02. The summed E-state index contributed by atoms with van der Waals surface area (Å²) in [6.45, 7) is 4.73. The van der Waals surface area contributed by atoms with Gasteiger partial charge in [-0.25, -0.2) is 8.42 Å². The van der Waals surface area contributed by atoms with Gasteiger partial charge < -0.3 is 10.5 Å². The molecule has 1 heterocycles. The van der Waals surface area contributed by atoms with Crippen molar-refractivity contribution in [3.8, 4) is 0 Å². The average molecular weight is 235 g/mol. The molecule has 2 N–H and O–H groups in total. The number of rotatable bonds is 4. The van der Waals surface area contributed by atoms with Gasteiger partial charge in [0.05, 0.1) is 10.5 Å². The fourth-order valence-corrected chi connectivity index (χ4v) is 4.07. The molecule has 0 saturated carbocycles. The minimum Gasteiger partial charge on any atom is -0.381 e. The molecule has 15 heavy (non-hydrogen) atoms. The summed E-state index contributed by atoms with van der Waals surface area (Å²) in [5.41, 5.74) is 5.63. The maximum Gasteiger partial charge on any atom is 0.155 e. The minimum atomic E-state index is -3.02. The first-order valence-corrected chi connectivity index (χ1v) is 7.11. The van der Waals surface area contributed by atoms with E-state index < -0.39 is 9.84 Å². The quantitative estimate of drug-likeness (QED) is 0.779. The molecule has 4 nitrogen and oxygen atoms in total. The number of ether oxygens (including phenoxy) is 1. The zero-order valence-corrected chi connectivity index (χ0v) is 10.3. The Morgan fingerprint density at radius 3 is 2.33 bits per heavy atom. The molecule has 0 spiro atoms. The number of sulfone groups is 1. The van der Waals surface area contributed by atoms with Crippen LogP contribution in [0.4, 0.5) is 0 Å². The molecule has 1 saturated heterocycles. The molecular formula is C10H21NO3S. The molecule has 0 radical (unpaired) electrons. The van der Waals surface area contributed by atoms with Crippen LogP contribution in [0.5, 0.6) is 0 Å². The summed E-state index contributed by atoms with van der Waals surface area (Å²) in [6.07, 6.45) is 1.80. The summed E-state index contributed by atoms with van der Waals surface area (Å²) < 4.78 is 29.4. The minimum absolute atomic E-state index is 0.0605. The van der Waals surface area contributed by atoms with Crippen LogP contribution in [-0.2, 0) is 14.6 Å². The molecular weight excluding hydrogens is 214 g/mol. The monoisotopic (exact) mass is 235 g/mol. The second-order valence-corrected chi connectivity index (χ2v) is 7.07. The highest BCUT2D eigenvalue weighted by molar-refractivity contribution is 7.92. The smallest absolute Gasteiger partial charge is 0.155 e. The van der Waals surface area contributed by atoms with E-state index in [0.29, 0.717) is 32.5 Å². The SMILES string of the molecule is CC(N)CC(C)S(=O)(=O)C1CCOCC1. The zero-order chi connectivity index (χ0) is 11.5. The van der Waals surface area contributed by atoms with E-state index in [2.05, 4.69) is 0 Å². The van der Waals surface area contributed by atoms with Gasteiger partial charge >= 0.3 is 0 Å². The summed E-state index contributed by atoms with van der Waals surface area (Å²) in [5, 5.41) is -0.555. The van der Waals surface area contributed by atoms with Gasteiger partial charge in [-0.15, -0.1) is 0 Å². The Balaban J connectivity index is 2.63. The van der Waals surface area contributed by atoms with Crippen LogP contribution in [0, 0.1) is 0 Å². The lowest BCUT2D eigenvalue weighted by molar-refractivity contribution is 0.0982. The van der Waals surface area contributed by atoms with Crippen LogP contribution in [0.25, 0.3) is 0 Å². The molecule has 0 aromatic carbocycles. The normalized spacial score (nSPS) is 23.7. The van der Waals surface area contributed by atoms with E-state index in [1.807, 2.05) is 6.92 Å². The first-order chi connectivity index (χ1) is 6.94. The lowest BCUT2D eigenvalue weighted by Gasteiger charge is -2.26. The van der Waals surface area contributed by atoms with E-state index in [1.165, 1.54) is 0 Å². The Labute approximate surface area is 92.1 Å². The van der Waals surface area contributed by atoms with E-state index in [-0.39, 0.29) is 16.5 Å². The first kappa shape index (κ1) is 12.9. The van der Waals surface area contributed by atoms with Gasteiger partial charge in [-0.2, -0.15) is 0 Å². The summed E-state index contributed by atoms with van der Waals surface area (Å²) in [5.74, 6) is 0. The summed E-state index contributed by atoms with van der Waals surface area (Å²) in [6, 6.07) is -0.0605. The molecule has 0 amide bonds. The zero-order valence-electron chi connectivity index (χ0n) is 9.48. The summed E-state index contributed by atoms with van der Waals surface area (Å²) in [4.78, 5) is 0. The number of hydrogen-bond donors (Lipinski definition) is 1. The molecule has 1 rings (SSSR count). The fourth-order valence-electron chi connectivity index (χ4n) is 1.99. The second kappa shape index (κ2) is 5.27. The van der Waals surface area contributed by atoms with E-state index in [1.54, 1.807) is 6.92 Å². The van der Waals surface area contributed by atoms with Gasteiger partial charge in [-0.1, -0.05) is 0 Å². The van der Waals surface area contributed by atoms with Crippen molar-refractivity contribution in [1.82, 2.24) is 0 Å². The molecule has 1 aliphatic heterocycles. The molecule has 5 heteroatoms. The van der Waals surface area contributed by atoms with E-state index in [0.717, 1.165) is 0 Å². The van der Waals surface area contributed by atoms with Gasteiger partial charge in [0.25, 0.3) is 0 Å². The van der Waals surface area contributed by atoms with Gasteiger partial charge in [-0.05, 0) is 33.1 Å². The third kappa shape index (κ3) is 3.43. The van der Waals surface area contributed by atoms with Crippen molar-refractivity contribution in [2.45, 2.75) is 49.7 Å². The predicted octanol–water partition coefficient (Wildman–Crippen LogP) is 0.706. The third-order valence-corrected chi connectivity index (χ3v) is 5.61. The Morgan fingerprint density at radius 2 is 1.87 bits per heavy atom. The number of nitrogens with two attached hydrogens (primary N) is 1.